The summed E-state index contributed by atoms with van der Waals surface area (Å²) in [7, 11) is 0. The number of hydrogen-bond acceptors (Lipinski definition) is 4. The molecule has 21 heavy (non-hydrogen) atoms. The first-order chi connectivity index (χ1) is 10.0. The molecular formula is C14H13ClN2O4. The number of carboxylic acid groups (broad SMARTS) is 1. The minimum Gasteiger partial charge on any atom is -0.478 e. The predicted octanol–water partition coefficient (Wildman–Crippen LogP) is 2.80. The molecule has 0 saturated heterocycles. The fraction of sp³-hybridized carbons (Fsp3) is 0.214. The number of ether oxygens (including phenoxy) is 1. The third-order valence-corrected chi connectivity index (χ3v) is 3.03. The van der Waals surface area contributed by atoms with E-state index in [-0.39, 0.29) is 27.8 Å². The van der Waals surface area contributed by atoms with Gasteiger partial charge in [0.15, 0.2) is 0 Å². The fourth-order valence-corrected chi connectivity index (χ4v) is 1.95. The van der Waals surface area contributed by atoms with Crippen molar-refractivity contribution in [3.8, 4) is 11.6 Å². The molecule has 2 aromatic rings. The van der Waals surface area contributed by atoms with E-state index in [0.29, 0.717) is 6.54 Å². The summed E-state index contributed by atoms with van der Waals surface area (Å²) in [6, 6.07) is 3.99. The zero-order valence-electron chi connectivity index (χ0n) is 11.2. The van der Waals surface area contributed by atoms with E-state index in [2.05, 4.69) is 4.98 Å². The monoisotopic (exact) mass is 308 g/mol. The summed E-state index contributed by atoms with van der Waals surface area (Å²) < 4.78 is 6.88. The summed E-state index contributed by atoms with van der Waals surface area (Å²) in [5.74, 6) is -1.01. The van der Waals surface area contributed by atoms with Crippen molar-refractivity contribution in [3.63, 3.8) is 0 Å². The zero-order valence-corrected chi connectivity index (χ0v) is 12.0. The summed E-state index contributed by atoms with van der Waals surface area (Å²) >= 11 is 5.95. The molecule has 1 aromatic carbocycles. The molecule has 0 radical (unpaired) electrons. The highest BCUT2D eigenvalue weighted by molar-refractivity contribution is 6.32. The molecule has 0 amide bonds. The Bertz CT molecular complexity index is 727. The van der Waals surface area contributed by atoms with Crippen LogP contribution < -0.4 is 10.3 Å². The van der Waals surface area contributed by atoms with E-state index >= 15 is 0 Å². The van der Waals surface area contributed by atoms with Gasteiger partial charge in [0.1, 0.15) is 5.75 Å². The molecule has 0 aliphatic rings. The van der Waals surface area contributed by atoms with Gasteiger partial charge in [-0.15, -0.1) is 0 Å². The van der Waals surface area contributed by atoms with Crippen LogP contribution in [0.15, 0.2) is 35.4 Å². The van der Waals surface area contributed by atoms with Crippen molar-refractivity contribution in [1.29, 1.82) is 0 Å². The summed E-state index contributed by atoms with van der Waals surface area (Å²) in [6.45, 7) is 2.51. The van der Waals surface area contributed by atoms with E-state index in [4.69, 9.17) is 21.4 Å². The molecule has 7 heteroatoms. The zero-order chi connectivity index (χ0) is 15.4. The van der Waals surface area contributed by atoms with Crippen molar-refractivity contribution in [2.24, 2.45) is 0 Å². The molecule has 6 nitrogen and oxygen atoms in total. The van der Waals surface area contributed by atoms with Gasteiger partial charge in [-0.3, -0.25) is 4.79 Å². The van der Waals surface area contributed by atoms with Gasteiger partial charge in [0.2, 0.25) is 0 Å². The number of rotatable bonds is 5. The van der Waals surface area contributed by atoms with Gasteiger partial charge in [0.05, 0.1) is 10.6 Å². The third-order valence-electron chi connectivity index (χ3n) is 2.73. The van der Waals surface area contributed by atoms with Crippen LogP contribution in [0, 0.1) is 0 Å². The minimum atomic E-state index is -1.09. The summed E-state index contributed by atoms with van der Waals surface area (Å²) in [6.07, 6.45) is 3.84. The van der Waals surface area contributed by atoms with E-state index in [0.717, 1.165) is 6.42 Å². The van der Waals surface area contributed by atoms with Crippen molar-refractivity contribution in [2.75, 3.05) is 0 Å². The Kier molecular flexibility index (Phi) is 4.59. The van der Waals surface area contributed by atoms with Gasteiger partial charge < -0.3 is 14.4 Å². The van der Waals surface area contributed by atoms with E-state index in [1.807, 2.05) is 6.92 Å². The van der Waals surface area contributed by atoms with Crippen LogP contribution in [-0.2, 0) is 6.54 Å². The first-order valence-corrected chi connectivity index (χ1v) is 6.67. The number of nitrogens with zero attached hydrogens (tertiary/aromatic N) is 2. The molecule has 0 aliphatic carbocycles. The number of halogens is 1. The van der Waals surface area contributed by atoms with E-state index < -0.39 is 5.97 Å². The average molecular weight is 309 g/mol. The highest BCUT2D eigenvalue weighted by Gasteiger charge is 2.12. The molecule has 2 rings (SSSR count). The largest absolute Gasteiger partial charge is 0.478 e. The molecule has 0 unspecified atom stereocenters. The fourth-order valence-electron chi connectivity index (χ4n) is 1.74. The topological polar surface area (TPSA) is 81.4 Å². The Balaban J connectivity index is 2.32. The number of carboxylic acids is 1. The normalized spacial score (nSPS) is 10.4. The molecule has 0 spiro atoms. The van der Waals surface area contributed by atoms with Gasteiger partial charge >= 0.3 is 11.5 Å². The first-order valence-electron chi connectivity index (χ1n) is 6.29. The van der Waals surface area contributed by atoms with Crippen molar-refractivity contribution in [2.45, 2.75) is 19.9 Å². The minimum absolute atomic E-state index is 0.0387. The first kappa shape index (κ1) is 15.1. The maximum Gasteiger partial charge on any atom is 0.335 e. The van der Waals surface area contributed by atoms with E-state index in [1.54, 1.807) is 6.20 Å². The second-order valence-electron chi connectivity index (χ2n) is 4.28. The maximum absolute atomic E-state index is 12.1. The molecular weight excluding hydrogens is 296 g/mol. The average Bonchev–Trinajstić information content (AvgIpc) is 2.45. The van der Waals surface area contributed by atoms with Crippen LogP contribution in [0.1, 0.15) is 23.7 Å². The summed E-state index contributed by atoms with van der Waals surface area (Å²) in [5.41, 5.74) is -0.325. The standard InChI is InChI=1S/C14H13ClN2O4/c1-2-6-17-7-5-16-12(13(17)18)21-11-4-3-9(14(19)20)8-10(11)15/h3-5,7-8H,2,6H2,1H3,(H,19,20). The molecule has 1 heterocycles. The van der Waals surface area contributed by atoms with Crippen molar-refractivity contribution in [1.82, 2.24) is 9.55 Å². The van der Waals surface area contributed by atoms with Crippen molar-refractivity contribution >= 4 is 17.6 Å². The number of aromatic nitrogens is 2. The molecule has 1 N–H and O–H groups in total. The van der Waals surface area contributed by atoms with E-state index in [9.17, 15) is 9.59 Å². The SMILES string of the molecule is CCCn1ccnc(Oc2ccc(C(=O)O)cc2Cl)c1=O. The van der Waals surface area contributed by atoms with Gasteiger partial charge in [-0.2, -0.15) is 0 Å². The lowest BCUT2D eigenvalue weighted by molar-refractivity contribution is 0.0697. The Hall–Kier alpha value is -2.34. The Morgan fingerprint density at radius 3 is 2.86 bits per heavy atom. The quantitative estimate of drug-likeness (QED) is 0.918. The lowest BCUT2D eigenvalue weighted by atomic mass is 10.2. The number of carbonyl (C=O) groups is 1. The molecule has 0 atom stereocenters. The Labute approximate surface area is 125 Å². The number of benzene rings is 1. The van der Waals surface area contributed by atoms with Crippen LogP contribution in [-0.4, -0.2) is 20.6 Å². The van der Waals surface area contributed by atoms with Crippen LogP contribution in [0.4, 0.5) is 0 Å². The number of aryl methyl sites for hydroxylation is 1. The smallest absolute Gasteiger partial charge is 0.335 e. The highest BCUT2D eigenvalue weighted by atomic mass is 35.5. The molecule has 110 valence electrons. The maximum atomic E-state index is 12.1. The Morgan fingerprint density at radius 1 is 1.48 bits per heavy atom. The Morgan fingerprint density at radius 2 is 2.24 bits per heavy atom. The molecule has 0 saturated carbocycles. The highest BCUT2D eigenvalue weighted by Crippen LogP contribution is 2.28. The number of hydrogen-bond donors (Lipinski definition) is 1. The van der Waals surface area contributed by atoms with Crippen LogP contribution in [0.25, 0.3) is 0 Å². The van der Waals surface area contributed by atoms with Crippen LogP contribution in [0.3, 0.4) is 0 Å². The van der Waals surface area contributed by atoms with E-state index in [1.165, 1.54) is 29.0 Å². The van der Waals surface area contributed by atoms with Gasteiger partial charge in [-0.1, -0.05) is 18.5 Å². The van der Waals surface area contributed by atoms with Gasteiger partial charge in [-0.05, 0) is 24.6 Å². The van der Waals surface area contributed by atoms with Crippen LogP contribution in [0.5, 0.6) is 11.6 Å². The molecule has 1 aromatic heterocycles. The van der Waals surface area contributed by atoms with Crippen LogP contribution >= 0.6 is 11.6 Å². The van der Waals surface area contributed by atoms with Gasteiger partial charge in [0.25, 0.3) is 5.88 Å². The van der Waals surface area contributed by atoms with Crippen molar-refractivity contribution < 1.29 is 14.6 Å². The lowest BCUT2D eigenvalue weighted by Crippen LogP contribution is -2.21. The summed E-state index contributed by atoms with van der Waals surface area (Å²) in [5, 5.41) is 8.96. The molecule has 0 fully saturated rings. The second kappa shape index (κ2) is 6.41. The summed E-state index contributed by atoms with van der Waals surface area (Å²) in [4.78, 5) is 26.8. The van der Waals surface area contributed by atoms with Crippen LogP contribution in [0.2, 0.25) is 5.02 Å². The predicted molar refractivity (Wildman–Crippen MR) is 77.3 cm³/mol. The molecule has 0 aliphatic heterocycles. The second-order valence-corrected chi connectivity index (χ2v) is 4.69. The molecule has 0 bridgehead atoms. The van der Waals surface area contributed by atoms with Crippen molar-refractivity contribution in [3.05, 3.63) is 51.5 Å². The van der Waals surface area contributed by atoms with Gasteiger partial charge in [-0.25, -0.2) is 9.78 Å². The lowest BCUT2D eigenvalue weighted by Gasteiger charge is -2.09. The van der Waals surface area contributed by atoms with Gasteiger partial charge in [0, 0.05) is 18.9 Å². The number of aromatic carboxylic acids is 1. The third kappa shape index (κ3) is 3.41.